The molecule has 218 valence electrons. The number of rotatable bonds is 9. The van der Waals surface area contributed by atoms with E-state index in [9.17, 15) is 17.9 Å². The average Bonchev–Trinajstić information content (AvgIpc) is 2.88. The first kappa shape index (κ1) is 29.9. The molecule has 9 nitrogen and oxygen atoms in total. The number of sulfone groups is 1. The highest BCUT2D eigenvalue weighted by Crippen LogP contribution is 2.37. The highest BCUT2D eigenvalue weighted by Gasteiger charge is 2.42. The van der Waals surface area contributed by atoms with Crippen LogP contribution < -0.4 is 15.1 Å². The van der Waals surface area contributed by atoms with Crippen molar-refractivity contribution in [2.24, 2.45) is 16.3 Å². The van der Waals surface area contributed by atoms with Crippen LogP contribution in [0, 0.1) is 24.1 Å². The van der Waals surface area contributed by atoms with Gasteiger partial charge in [0.2, 0.25) is 5.95 Å². The van der Waals surface area contributed by atoms with Crippen LogP contribution in [-0.4, -0.2) is 80.2 Å². The van der Waals surface area contributed by atoms with Crippen molar-refractivity contribution in [3.05, 3.63) is 47.2 Å². The quantitative estimate of drug-likeness (QED) is 0.434. The Labute approximate surface area is 235 Å². The van der Waals surface area contributed by atoms with Crippen molar-refractivity contribution in [1.82, 2.24) is 9.97 Å². The molecular weight excluding hydrogens is 538 g/mol. The number of anilines is 3. The average molecular weight is 577 g/mol. The van der Waals surface area contributed by atoms with Crippen molar-refractivity contribution in [3.63, 3.8) is 0 Å². The molecule has 40 heavy (non-hydrogen) atoms. The fraction of sp³-hybridized carbons (Fsp3) is 0.536. The van der Waals surface area contributed by atoms with Gasteiger partial charge >= 0.3 is 0 Å². The van der Waals surface area contributed by atoms with Crippen molar-refractivity contribution in [2.45, 2.75) is 52.4 Å². The topological polar surface area (TPSA) is 111 Å². The van der Waals surface area contributed by atoms with Gasteiger partial charge in [0.1, 0.15) is 33.5 Å². The monoisotopic (exact) mass is 576 g/mol. The molecular formula is C28H38F2N6O3S. The summed E-state index contributed by atoms with van der Waals surface area (Å²) in [6, 6.07) is 4.90. The predicted octanol–water partition coefficient (Wildman–Crippen LogP) is 3.84. The Kier molecular flexibility index (Phi) is 8.51. The Morgan fingerprint density at radius 2 is 2.05 bits per heavy atom. The fourth-order valence-electron chi connectivity index (χ4n) is 5.44. The Hall–Kier alpha value is -3.12. The molecule has 2 N–H and O–H groups in total. The Morgan fingerprint density at radius 1 is 1.32 bits per heavy atom. The summed E-state index contributed by atoms with van der Waals surface area (Å²) in [7, 11) is -3.02. The van der Waals surface area contributed by atoms with E-state index in [1.807, 2.05) is 6.92 Å². The molecule has 4 rings (SSSR count). The fourth-order valence-corrected chi connectivity index (χ4v) is 6.17. The SMILES string of the molecule is C=N/C(=C\c1c(F)ccc(N2C[C@H](CCS(C)(=O)=O)[C@H]2C)c1C)Nc1ccnc(N2C[C@@H](F)[C@@H](O)C(C)(C)C2)n1. The van der Waals surface area contributed by atoms with Crippen molar-refractivity contribution < 1.29 is 22.3 Å². The Bertz CT molecular complexity index is 1400. The lowest BCUT2D eigenvalue weighted by molar-refractivity contribution is -0.0257. The highest BCUT2D eigenvalue weighted by molar-refractivity contribution is 7.90. The number of halogens is 2. The largest absolute Gasteiger partial charge is 0.389 e. The number of aromatic nitrogens is 2. The third-order valence-corrected chi connectivity index (χ3v) is 8.95. The normalized spacial score (nSPS) is 24.9. The molecule has 2 aromatic rings. The van der Waals surface area contributed by atoms with Gasteiger partial charge in [-0.1, -0.05) is 13.8 Å². The minimum Gasteiger partial charge on any atom is -0.389 e. The van der Waals surface area contributed by atoms with Crippen LogP contribution in [-0.2, 0) is 9.84 Å². The molecule has 0 aliphatic carbocycles. The first-order chi connectivity index (χ1) is 18.7. The zero-order valence-corrected chi connectivity index (χ0v) is 24.4. The van der Waals surface area contributed by atoms with Crippen LogP contribution in [0.2, 0.25) is 0 Å². The van der Waals surface area contributed by atoms with E-state index in [2.05, 4.69) is 38.8 Å². The van der Waals surface area contributed by atoms with E-state index in [1.165, 1.54) is 18.5 Å². The minimum absolute atomic E-state index is 0.0301. The molecule has 0 saturated carbocycles. The second-order valence-electron chi connectivity index (χ2n) is 11.6. The second kappa shape index (κ2) is 11.4. The lowest BCUT2D eigenvalue weighted by Gasteiger charge is -2.49. The first-order valence-electron chi connectivity index (χ1n) is 13.3. The highest BCUT2D eigenvalue weighted by atomic mass is 32.2. The Morgan fingerprint density at radius 3 is 2.67 bits per heavy atom. The molecule has 2 aliphatic heterocycles. The zero-order chi connectivity index (χ0) is 29.4. The molecule has 0 bridgehead atoms. The van der Waals surface area contributed by atoms with E-state index in [-0.39, 0.29) is 30.1 Å². The van der Waals surface area contributed by atoms with Gasteiger partial charge in [0.15, 0.2) is 0 Å². The number of nitrogens with one attached hydrogen (secondary N) is 1. The molecule has 0 amide bonds. The molecule has 3 heterocycles. The van der Waals surface area contributed by atoms with E-state index >= 15 is 4.39 Å². The lowest BCUT2D eigenvalue weighted by atomic mass is 9.80. The van der Waals surface area contributed by atoms with Crippen LogP contribution in [0.5, 0.6) is 0 Å². The van der Waals surface area contributed by atoms with Crippen LogP contribution in [0.15, 0.2) is 35.2 Å². The van der Waals surface area contributed by atoms with Crippen molar-refractivity contribution >= 4 is 40.1 Å². The van der Waals surface area contributed by atoms with Crippen molar-refractivity contribution in [3.8, 4) is 0 Å². The van der Waals surface area contributed by atoms with Gasteiger partial charge in [0, 0.05) is 48.2 Å². The number of piperidine rings is 1. The van der Waals surface area contributed by atoms with E-state index in [4.69, 9.17) is 0 Å². The summed E-state index contributed by atoms with van der Waals surface area (Å²) >= 11 is 0. The van der Waals surface area contributed by atoms with E-state index in [1.54, 1.807) is 37.0 Å². The summed E-state index contributed by atoms with van der Waals surface area (Å²) in [5.74, 6) is 0.934. The standard InChI is InChI=1S/C28H38F2N6O3S/c1-17-20(21(29)7-8-23(17)36-14-19(18(36)2)10-12-40(6,38)39)13-25(31-5)33-24-9-11-32-27(34-24)35-15-22(30)26(37)28(3,4)16-35/h7-9,11,13,18-19,22,26,37H,5,10,12,14-16H2,1-4,6H3,(H,32,33,34)/b25-13+/t18-,19+,22-,26-/m1/s1. The summed E-state index contributed by atoms with van der Waals surface area (Å²) in [6.07, 6.45) is 2.44. The maximum Gasteiger partial charge on any atom is 0.227 e. The molecule has 12 heteroatoms. The molecule has 2 fully saturated rings. The van der Waals surface area contributed by atoms with Gasteiger partial charge in [0.05, 0.1) is 18.4 Å². The van der Waals surface area contributed by atoms with Crippen molar-refractivity contribution in [2.75, 3.05) is 46.8 Å². The maximum atomic E-state index is 15.0. The van der Waals surface area contributed by atoms with Crippen LogP contribution in [0.4, 0.5) is 26.2 Å². The summed E-state index contributed by atoms with van der Waals surface area (Å²) in [6.45, 7) is 12.1. The number of aliphatic hydroxyl groups is 1. The van der Waals surface area contributed by atoms with Gasteiger partial charge in [-0.3, -0.25) is 0 Å². The number of hydrogen-bond acceptors (Lipinski definition) is 9. The predicted molar refractivity (Wildman–Crippen MR) is 156 cm³/mol. The molecule has 0 radical (unpaired) electrons. The smallest absolute Gasteiger partial charge is 0.227 e. The summed E-state index contributed by atoms with van der Waals surface area (Å²) in [5.41, 5.74) is 1.27. The van der Waals surface area contributed by atoms with Gasteiger partial charge in [-0.15, -0.1) is 0 Å². The molecule has 0 unspecified atom stereocenters. The molecule has 4 atom stereocenters. The van der Waals surface area contributed by atoms with Gasteiger partial charge in [-0.25, -0.2) is 27.2 Å². The third-order valence-electron chi connectivity index (χ3n) is 7.98. The van der Waals surface area contributed by atoms with Gasteiger partial charge in [0.25, 0.3) is 0 Å². The minimum atomic E-state index is -3.02. The van der Waals surface area contributed by atoms with E-state index < -0.39 is 33.3 Å². The van der Waals surface area contributed by atoms with E-state index in [0.29, 0.717) is 36.8 Å². The molecule has 1 aromatic heterocycles. The van der Waals surface area contributed by atoms with Gasteiger partial charge < -0.3 is 20.2 Å². The second-order valence-corrected chi connectivity index (χ2v) is 13.8. The first-order valence-corrected chi connectivity index (χ1v) is 15.4. The van der Waals surface area contributed by atoms with Crippen LogP contribution >= 0.6 is 0 Å². The molecule has 2 aliphatic rings. The van der Waals surface area contributed by atoms with Crippen molar-refractivity contribution in [1.29, 1.82) is 0 Å². The molecule has 0 spiro atoms. The summed E-state index contributed by atoms with van der Waals surface area (Å²) < 4.78 is 52.6. The zero-order valence-electron chi connectivity index (χ0n) is 23.6. The summed E-state index contributed by atoms with van der Waals surface area (Å²) in [5, 5.41) is 13.2. The number of alkyl halides is 1. The van der Waals surface area contributed by atoms with Crippen LogP contribution in [0.3, 0.4) is 0 Å². The number of hydrogen-bond donors (Lipinski definition) is 2. The Balaban J connectivity index is 1.53. The number of nitrogens with zero attached hydrogens (tertiary/aromatic N) is 5. The molecule has 1 aromatic carbocycles. The summed E-state index contributed by atoms with van der Waals surface area (Å²) in [4.78, 5) is 16.7. The van der Waals surface area contributed by atoms with E-state index in [0.717, 1.165) is 11.3 Å². The number of aliphatic hydroxyl groups excluding tert-OH is 1. The molecule has 2 saturated heterocycles. The van der Waals surface area contributed by atoms with Gasteiger partial charge in [-0.05, 0) is 62.7 Å². The third kappa shape index (κ3) is 6.43. The number of aliphatic imine (C=N–C) groups is 1. The van der Waals surface area contributed by atoms with Crippen LogP contribution in [0.1, 0.15) is 38.3 Å². The number of benzene rings is 1. The van der Waals surface area contributed by atoms with Crippen LogP contribution in [0.25, 0.3) is 6.08 Å². The maximum absolute atomic E-state index is 15.0. The van der Waals surface area contributed by atoms with Gasteiger partial charge in [-0.2, -0.15) is 4.98 Å². The lowest BCUT2D eigenvalue weighted by Crippen LogP contribution is -2.55.